The van der Waals surface area contributed by atoms with Crippen LogP contribution in [0.5, 0.6) is 0 Å². The number of rotatable bonds is 43. The van der Waals surface area contributed by atoms with Crippen molar-refractivity contribution in [3.05, 3.63) is 24.3 Å². The van der Waals surface area contributed by atoms with Gasteiger partial charge in [0, 0.05) is 6.42 Å². The molecule has 0 aliphatic rings. The van der Waals surface area contributed by atoms with E-state index >= 15 is 0 Å². The minimum absolute atomic E-state index is 0.0312. The van der Waals surface area contributed by atoms with E-state index < -0.39 is 12.1 Å². The number of unbranched alkanes of at least 4 members (excludes halogenated alkanes) is 32. The van der Waals surface area contributed by atoms with E-state index in [0.717, 1.165) is 32.1 Å². The van der Waals surface area contributed by atoms with Crippen LogP contribution < -0.4 is 5.32 Å². The summed E-state index contributed by atoms with van der Waals surface area (Å²) in [5.74, 6) is -0.0312. The molecule has 0 spiro atoms. The number of nitrogens with one attached hydrogen (secondary N) is 1. The minimum atomic E-state index is -0.658. The van der Waals surface area contributed by atoms with Gasteiger partial charge in [0.15, 0.2) is 0 Å². The summed E-state index contributed by atoms with van der Waals surface area (Å²) >= 11 is 0. The first kappa shape index (κ1) is 50.9. The average Bonchev–Trinajstić information content (AvgIpc) is 3.15. The van der Waals surface area contributed by atoms with Gasteiger partial charge in [0.1, 0.15) is 0 Å². The van der Waals surface area contributed by atoms with Gasteiger partial charge in [0.2, 0.25) is 5.91 Å². The number of aliphatic hydroxyl groups is 2. The second-order valence-corrected chi connectivity index (χ2v) is 16.2. The number of hydrogen-bond acceptors (Lipinski definition) is 3. The van der Waals surface area contributed by atoms with Crippen molar-refractivity contribution in [1.29, 1.82) is 0 Å². The number of carbonyl (C=O) groups excluding carboxylic acids is 1. The van der Waals surface area contributed by atoms with Gasteiger partial charge in [0.05, 0.1) is 18.8 Å². The lowest BCUT2D eigenvalue weighted by molar-refractivity contribution is -0.123. The molecule has 0 saturated heterocycles. The highest BCUT2D eigenvalue weighted by atomic mass is 16.3. The Balaban J connectivity index is 3.49. The maximum absolute atomic E-state index is 12.4. The Labute approximate surface area is 326 Å². The van der Waals surface area contributed by atoms with Crippen molar-refractivity contribution in [3.8, 4) is 0 Å². The fraction of sp³-hybridized carbons (Fsp3) is 0.896. The van der Waals surface area contributed by atoms with Crippen LogP contribution in [-0.4, -0.2) is 34.9 Å². The summed E-state index contributed by atoms with van der Waals surface area (Å²) < 4.78 is 0. The molecule has 2 atom stereocenters. The lowest BCUT2D eigenvalue weighted by Crippen LogP contribution is -2.45. The minimum Gasteiger partial charge on any atom is -0.394 e. The standard InChI is InChI=1S/C48H93NO3/c1-3-5-7-9-11-13-15-17-19-21-22-23-24-25-26-28-30-32-34-36-38-40-42-44-48(52)49-46(45-50)47(51)43-41-39-37-35-33-31-29-27-20-18-16-14-12-10-8-6-4-2/h15,17,21-22,46-47,50-51H,3-14,16,18-20,23-45H2,1-2H3,(H,49,52)/b17-15-,22-21-. The fourth-order valence-corrected chi connectivity index (χ4v) is 7.33. The molecule has 0 aromatic rings. The van der Waals surface area contributed by atoms with Crippen LogP contribution in [0.1, 0.15) is 258 Å². The Morgan fingerprint density at radius 3 is 1.15 bits per heavy atom. The van der Waals surface area contributed by atoms with Gasteiger partial charge in [-0.1, -0.05) is 231 Å². The second kappa shape index (κ2) is 44.3. The summed E-state index contributed by atoms with van der Waals surface area (Å²) in [6.07, 6.45) is 56.9. The summed E-state index contributed by atoms with van der Waals surface area (Å²) in [7, 11) is 0. The first-order valence-electron chi connectivity index (χ1n) is 23.5. The molecule has 3 N–H and O–H groups in total. The molecule has 0 radical (unpaired) electrons. The Morgan fingerprint density at radius 1 is 0.462 bits per heavy atom. The van der Waals surface area contributed by atoms with E-state index in [0.29, 0.717) is 12.8 Å². The first-order valence-corrected chi connectivity index (χ1v) is 23.5. The molecule has 0 saturated carbocycles. The topological polar surface area (TPSA) is 69.6 Å². The highest BCUT2D eigenvalue weighted by molar-refractivity contribution is 5.76. The van der Waals surface area contributed by atoms with Crippen molar-refractivity contribution >= 4 is 5.91 Å². The number of hydrogen-bond donors (Lipinski definition) is 3. The zero-order valence-corrected chi connectivity index (χ0v) is 35.3. The van der Waals surface area contributed by atoms with Crippen molar-refractivity contribution in [3.63, 3.8) is 0 Å². The van der Waals surface area contributed by atoms with Gasteiger partial charge >= 0.3 is 0 Å². The van der Waals surface area contributed by atoms with E-state index in [4.69, 9.17) is 0 Å². The van der Waals surface area contributed by atoms with Crippen LogP contribution in [0, 0.1) is 0 Å². The zero-order valence-electron chi connectivity index (χ0n) is 35.3. The Morgan fingerprint density at radius 2 is 0.788 bits per heavy atom. The summed E-state index contributed by atoms with van der Waals surface area (Å²) in [6.45, 7) is 4.36. The third-order valence-electron chi connectivity index (χ3n) is 11.0. The SMILES string of the molecule is CCCCCCC/C=C\C/C=C\CCCCCCCCCCCCCC(=O)NC(CO)C(O)CCCCCCCCCCCCCCCCCCC. The Hall–Kier alpha value is -1.13. The number of carbonyl (C=O) groups is 1. The van der Waals surface area contributed by atoms with Crippen molar-refractivity contribution in [2.24, 2.45) is 0 Å². The van der Waals surface area contributed by atoms with E-state index in [1.54, 1.807) is 0 Å². The van der Waals surface area contributed by atoms with Crippen molar-refractivity contribution < 1.29 is 15.0 Å². The molecule has 4 heteroatoms. The smallest absolute Gasteiger partial charge is 0.220 e. The van der Waals surface area contributed by atoms with Gasteiger partial charge in [-0.25, -0.2) is 0 Å². The molecule has 0 aliphatic carbocycles. The van der Waals surface area contributed by atoms with Crippen LogP contribution in [0.15, 0.2) is 24.3 Å². The van der Waals surface area contributed by atoms with Crippen LogP contribution in [0.3, 0.4) is 0 Å². The van der Waals surface area contributed by atoms with Crippen molar-refractivity contribution in [1.82, 2.24) is 5.32 Å². The largest absolute Gasteiger partial charge is 0.394 e. The summed E-state index contributed by atoms with van der Waals surface area (Å²) in [6, 6.07) is -0.535. The summed E-state index contributed by atoms with van der Waals surface area (Å²) in [4.78, 5) is 12.4. The lowest BCUT2D eigenvalue weighted by atomic mass is 10.0. The number of amides is 1. The van der Waals surface area contributed by atoms with Crippen LogP contribution in [0.25, 0.3) is 0 Å². The highest BCUT2D eigenvalue weighted by Crippen LogP contribution is 2.16. The maximum atomic E-state index is 12.4. The van der Waals surface area contributed by atoms with E-state index in [9.17, 15) is 15.0 Å². The quantitative estimate of drug-likeness (QED) is 0.0432. The average molecular weight is 732 g/mol. The number of allylic oxidation sites excluding steroid dienone is 4. The van der Waals surface area contributed by atoms with Gasteiger partial charge < -0.3 is 15.5 Å². The molecule has 4 nitrogen and oxygen atoms in total. The van der Waals surface area contributed by atoms with Crippen molar-refractivity contribution in [2.45, 2.75) is 270 Å². The van der Waals surface area contributed by atoms with Crippen LogP contribution in [-0.2, 0) is 4.79 Å². The molecule has 0 aromatic heterocycles. The summed E-state index contributed by atoms with van der Waals surface area (Å²) in [5, 5.41) is 23.2. The van der Waals surface area contributed by atoms with Crippen molar-refractivity contribution in [2.75, 3.05) is 6.61 Å². The molecule has 2 unspecified atom stereocenters. The molecule has 308 valence electrons. The normalized spacial score (nSPS) is 13.1. The molecular weight excluding hydrogens is 639 g/mol. The predicted octanol–water partition coefficient (Wildman–Crippen LogP) is 14.8. The molecule has 0 bridgehead atoms. The van der Waals surface area contributed by atoms with E-state index in [-0.39, 0.29) is 12.5 Å². The zero-order chi connectivity index (χ0) is 37.8. The third-order valence-corrected chi connectivity index (χ3v) is 11.0. The predicted molar refractivity (Wildman–Crippen MR) is 230 cm³/mol. The van der Waals surface area contributed by atoms with Gasteiger partial charge in [-0.15, -0.1) is 0 Å². The molecule has 0 rings (SSSR count). The molecule has 0 heterocycles. The van der Waals surface area contributed by atoms with E-state index in [1.807, 2.05) is 0 Å². The Bertz CT molecular complexity index is 750. The van der Waals surface area contributed by atoms with Crippen LogP contribution in [0.2, 0.25) is 0 Å². The molecule has 0 fully saturated rings. The Kier molecular flexibility index (Phi) is 43.3. The summed E-state index contributed by atoms with van der Waals surface area (Å²) in [5.41, 5.74) is 0. The molecule has 52 heavy (non-hydrogen) atoms. The number of aliphatic hydroxyl groups excluding tert-OH is 2. The maximum Gasteiger partial charge on any atom is 0.220 e. The van der Waals surface area contributed by atoms with Crippen LogP contribution >= 0.6 is 0 Å². The van der Waals surface area contributed by atoms with Gasteiger partial charge in [-0.2, -0.15) is 0 Å². The van der Waals surface area contributed by atoms with E-state index in [1.165, 1.54) is 199 Å². The van der Waals surface area contributed by atoms with Gasteiger partial charge in [-0.05, 0) is 44.9 Å². The fourth-order valence-electron chi connectivity index (χ4n) is 7.33. The lowest BCUT2D eigenvalue weighted by Gasteiger charge is -2.22. The highest BCUT2D eigenvalue weighted by Gasteiger charge is 2.20. The molecule has 0 aliphatic heterocycles. The third kappa shape index (κ3) is 40.1. The molecular formula is C48H93NO3. The van der Waals surface area contributed by atoms with Crippen LogP contribution in [0.4, 0.5) is 0 Å². The van der Waals surface area contributed by atoms with Gasteiger partial charge in [0.25, 0.3) is 0 Å². The molecule has 1 amide bonds. The molecule has 0 aromatic carbocycles. The second-order valence-electron chi connectivity index (χ2n) is 16.2. The van der Waals surface area contributed by atoms with E-state index in [2.05, 4.69) is 43.5 Å². The monoisotopic (exact) mass is 732 g/mol. The first-order chi connectivity index (χ1) is 25.7. The van der Waals surface area contributed by atoms with Gasteiger partial charge in [-0.3, -0.25) is 4.79 Å².